The number of aromatic amines is 1. The van der Waals surface area contributed by atoms with Crippen LogP contribution in [0.2, 0.25) is 0 Å². The molecule has 2 heterocycles. The summed E-state index contributed by atoms with van der Waals surface area (Å²) in [6.07, 6.45) is 0.659. The number of halogens is 1. The van der Waals surface area contributed by atoms with Crippen LogP contribution >= 0.6 is 11.6 Å². The maximum absolute atomic E-state index is 12.0. The first-order chi connectivity index (χ1) is 9.63. The number of hydrogen-bond acceptors (Lipinski definition) is 4. The third kappa shape index (κ3) is 2.51. The van der Waals surface area contributed by atoms with Crippen LogP contribution < -0.4 is 11.2 Å². The molecular formula is C12H17ClN4O3. The van der Waals surface area contributed by atoms with E-state index in [1.165, 1.54) is 4.57 Å². The fourth-order valence-electron chi connectivity index (χ4n) is 2.23. The van der Waals surface area contributed by atoms with Crippen molar-refractivity contribution in [3.8, 4) is 0 Å². The predicted octanol–water partition coefficient (Wildman–Crippen LogP) is 0.681. The zero-order chi connectivity index (χ0) is 14.7. The van der Waals surface area contributed by atoms with E-state index in [2.05, 4.69) is 9.97 Å². The third-order valence-corrected chi connectivity index (χ3v) is 3.37. The van der Waals surface area contributed by atoms with Gasteiger partial charge in [0.25, 0.3) is 5.56 Å². The number of rotatable bonds is 6. The summed E-state index contributed by atoms with van der Waals surface area (Å²) < 4.78 is 8.16. The van der Waals surface area contributed by atoms with Gasteiger partial charge < -0.3 is 9.30 Å². The molecule has 20 heavy (non-hydrogen) atoms. The summed E-state index contributed by atoms with van der Waals surface area (Å²) in [7, 11) is 1.60. The minimum atomic E-state index is -0.458. The van der Waals surface area contributed by atoms with Crippen LogP contribution in [0.25, 0.3) is 11.2 Å². The predicted molar refractivity (Wildman–Crippen MR) is 76.3 cm³/mol. The lowest BCUT2D eigenvalue weighted by Crippen LogP contribution is -2.31. The second-order valence-electron chi connectivity index (χ2n) is 4.34. The van der Waals surface area contributed by atoms with Crippen LogP contribution in [0.3, 0.4) is 0 Å². The molecule has 7 nitrogen and oxygen atoms in total. The van der Waals surface area contributed by atoms with Crippen LogP contribution in [0.1, 0.15) is 19.2 Å². The molecular weight excluding hydrogens is 284 g/mol. The SMILES string of the molecule is CCn1c(CCl)nc2c1c(=O)[nH]c(=O)n2CCCOC. The van der Waals surface area contributed by atoms with Crippen molar-refractivity contribution in [2.24, 2.45) is 0 Å². The Morgan fingerprint density at radius 1 is 1.35 bits per heavy atom. The van der Waals surface area contributed by atoms with E-state index in [0.717, 1.165) is 0 Å². The van der Waals surface area contributed by atoms with Crippen LogP contribution in [0.15, 0.2) is 9.59 Å². The molecule has 0 aliphatic heterocycles. The average Bonchev–Trinajstić information content (AvgIpc) is 2.81. The lowest BCUT2D eigenvalue weighted by atomic mass is 10.4. The highest BCUT2D eigenvalue weighted by molar-refractivity contribution is 6.16. The summed E-state index contributed by atoms with van der Waals surface area (Å²) in [6, 6.07) is 0. The summed E-state index contributed by atoms with van der Waals surface area (Å²) in [4.78, 5) is 30.6. The monoisotopic (exact) mass is 300 g/mol. The molecule has 2 aromatic rings. The van der Waals surface area contributed by atoms with Gasteiger partial charge in [-0.25, -0.2) is 9.78 Å². The van der Waals surface area contributed by atoms with Crippen LogP contribution in [-0.4, -0.2) is 32.8 Å². The van der Waals surface area contributed by atoms with E-state index in [-0.39, 0.29) is 5.88 Å². The van der Waals surface area contributed by atoms with Crippen molar-refractivity contribution in [3.63, 3.8) is 0 Å². The van der Waals surface area contributed by atoms with E-state index >= 15 is 0 Å². The minimum absolute atomic E-state index is 0.189. The quantitative estimate of drug-likeness (QED) is 0.628. The molecule has 0 atom stereocenters. The Labute approximate surface area is 120 Å². The van der Waals surface area contributed by atoms with E-state index < -0.39 is 11.2 Å². The van der Waals surface area contributed by atoms with Gasteiger partial charge in [-0.3, -0.25) is 14.3 Å². The number of hydrogen-bond donors (Lipinski definition) is 1. The molecule has 0 aliphatic carbocycles. The zero-order valence-corrected chi connectivity index (χ0v) is 12.2. The number of fused-ring (bicyclic) bond motifs is 1. The van der Waals surface area contributed by atoms with Gasteiger partial charge in [-0.05, 0) is 13.3 Å². The molecule has 0 spiro atoms. The first-order valence-corrected chi connectivity index (χ1v) is 6.94. The molecule has 0 saturated carbocycles. The number of H-pyrrole nitrogens is 1. The molecule has 0 radical (unpaired) electrons. The first kappa shape index (κ1) is 14.8. The fraction of sp³-hybridized carbons (Fsp3) is 0.583. The van der Waals surface area contributed by atoms with Gasteiger partial charge >= 0.3 is 5.69 Å². The first-order valence-electron chi connectivity index (χ1n) is 6.41. The maximum Gasteiger partial charge on any atom is 0.330 e. The van der Waals surface area contributed by atoms with Gasteiger partial charge in [0.1, 0.15) is 5.82 Å². The minimum Gasteiger partial charge on any atom is -0.385 e. The van der Waals surface area contributed by atoms with E-state index in [1.54, 1.807) is 11.7 Å². The van der Waals surface area contributed by atoms with Crippen LogP contribution in [0.4, 0.5) is 0 Å². The molecule has 0 aliphatic rings. The molecule has 0 saturated heterocycles. The average molecular weight is 301 g/mol. The molecule has 2 rings (SSSR count). The van der Waals surface area contributed by atoms with E-state index in [1.807, 2.05) is 6.92 Å². The topological polar surface area (TPSA) is 81.9 Å². The molecule has 0 bridgehead atoms. The fourth-order valence-corrected chi connectivity index (χ4v) is 2.44. The van der Waals surface area contributed by atoms with Crippen molar-refractivity contribution in [1.82, 2.24) is 19.1 Å². The second-order valence-corrected chi connectivity index (χ2v) is 4.60. The number of nitrogens with one attached hydrogen (secondary N) is 1. The van der Waals surface area contributed by atoms with Gasteiger partial charge in [-0.2, -0.15) is 0 Å². The molecule has 0 unspecified atom stereocenters. The van der Waals surface area contributed by atoms with E-state index in [0.29, 0.717) is 43.1 Å². The Morgan fingerprint density at radius 3 is 2.70 bits per heavy atom. The lowest BCUT2D eigenvalue weighted by Gasteiger charge is -2.06. The standard InChI is InChI=1S/C12H17ClN4O3/c1-3-16-8(7-13)14-10-9(16)11(18)15-12(19)17(10)5-4-6-20-2/h3-7H2,1-2H3,(H,15,18,19). The molecule has 1 N–H and O–H groups in total. The molecule has 110 valence electrons. The highest BCUT2D eigenvalue weighted by Gasteiger charge is 2.16. The molecule has 0 aromatic carbocycles. The Kier molecular flexibility index (Phi) is 4.61. The highest BCUT2D eigenvalue weighted by atomic mass is 35.5. The van der Waals surface area contributed by atoms with Crippen molar-refractivity contribution in [2.75, 3.05) is 13.7 Å². The van der Waals surface area contributed by atoms with E-state index in [4.69, 9.17) is 16.3 Å². The molecule has 8 heteroatoms. The smallest absolute Gasteiger partial charge is 0.330 e. The van der Waals surface area contributed by atoms with Crippen molar-refractivity contribution >= 4 is 22.8 Å². The van der Waals surface area contributed by atoms with Crippen molar-refractivity contribution in [3.05, 3.63) is 26.7 Å². The van der Waals surface area contributed by atoms with Gasteiger partial charge in [0.2, 0.25) is 0 Å². The van der Waals surface area contributed by atoms with Crippen molar-refractivity contribution in [2.45, 2.75) is 32.3 Å². The number of imidazole rings is 1. The number of ether oxygens (including phenoxy) is 1. The van der Waals surface area contributed by atoms with Crippen LogP contribution in [-0.2, 0) is 23.7 Å². The Bertz CT molecular complexity index is 716. The third-order valence-electron chi connectivity index (χ3n) is 3.13. The lowest BCUT2D eigenvalue weighted by molar-refractivity contribution is 0.190. The number of aryl methyl sites for hydroxylation is 2. The number of aromatic nitrogens is 4. The Hall–Kier alpha value is -1.60. The van der Waals surface area contributed by atoms with Gasteiger partial charge in [0, 0.05) is 26.8 Å². The molecule has 2 aromatic heterocycles. The Balaban J connectivity index is 2.66. The van der Waals surface area contributed by atoms with Gasteiger partial charge in [0.05, 0.1) is 5.88 Å². The zero-order valence-electron chi connectivity index (χ0n) is 11.5. The molecule has 0 amide bonds. The number of nitrogens with zero attached hydrogens (tertiary/aromatic N) is 3. The van der Waals surface area contributed by atoms with E-state index in [9.17, 15) is 9.59 Å². The largest absolute Gasteiger partial charge is 0.385 e. The number of methoxy groups -OCH3 is 1. The normalized spacial score (nSPS) is 11.3. The summed E-state index contributed by atoms with van der Waals surface area (Å²) in [5.41, 5.74) is -0.119. The Morgan fingerprint density at radius 2 is 2.10 bits per heavy atom. The van der Waals surface area contributed by atoms with Crippen molar-refractivity contribution < 1.29 is 4.74 Å². The maximum atomic E-state index is 12.0. The highest BCUT2D eigenvalue weighted by Crippen LogP contribution is 2.13. The van der Waals surface area contributed by atoms with Crippen LogP contribution in [0, 0.1) is 0 Å². The second kappa shape index (κ2) is 6.23. The van der Waals surface area contributed by atoms with Crippen molar-refractivity contribution in [1.29, 1.82) is 0 Å². The van der Waals surface area contributed by atoms with Gasteiger partial charge in [-0.1, -0.05) is 0 Å². The summed E-state index contributed by atoms with van der Waals surface area (Å²) in [6.45, 7) is 3.43. The molecule has 0 fully saturated rings. The summed E-state index contributed by atoms with van der Waals surface area (Å²) in [5, 5.41) is 0. The summed E-state index contributed by atoms with van der Waals surface area (Å²) in [5.74, 6) is 0.773. The van der Waals surface area contributed by atoms with Crippen LogP contribution in [0.5, 0.6) is 0 Å². The van der Waals surface area contributed by atoms with Gasteiger partial charge in [0.15, 0.2) is 11.2 Å². The summed E-state index contributed by atoms with van der Waals surface area (Å²) >= 11 is 5.85. The van der Waals surface area contributed by atoms with Gasteiger partial charge in [-0.15, -0.1) is 11.6 Å². The number of alkyl halides is 1.